The Labute approximate surface area is 72.8 Å². The van der Waals surface area contributed by atoms with Crippen LogP contribution in [0.3, 0.4) is 0 Å². The summed E-state index contributed by atoms with van der Waals surface area (Å²) < 4.78 is 4.39. The van der Waals surface area contributed by atoms with E-state index >= 15 is 0 Å². The van der Waals surface area contributed by atoms with Gasteiger partial charge in [-0.05, 0) is 0 Å². The highest BCUT2D eigenvalue weighted by molar-refractivity contribution is 5.73. The van der Waals surface area contributed by atoms with E-state index in [1.165, 1.54) is 0 Å². The van der Waals surface area contributed by atoms with Crippen molar-refractivity contribution in [3.8, 4) is 0 Å². The number of aliphatic hydroxyl groups is 4. The molecular formula is C6H10O7. The molecule has 1 heterocycles. The van der Waals surface area contributed by atoms with Crippen LogP contribution in [0.25, 0.3) is 0 Å². The first-order chi connectivity index (χ1) is 5.92. The van der Waals surface area contributed by atoms with Crippen molar-refractivity contribution in [2.45, 2.75) is 24.1 Å². The van der Waals surface area contributed by atoms with Crippen LogP contribution in [-0.2, 0) is 9.53 Å². The molecule has 1 saturated heterocycles. The van der Waals surface area contributed by atoms with Crippen LogP contribution in [-0.4, -0.2) is 62.2 Å². The minimum Gasteiger partial charge on any atom is -0.479 e. The molecule has 5 N–H and O–H groups in total. The second-order valence-electron chi connectivity index (χ2n) is 2.82. The van der Waals surface area contributed by atoms with Gasteiger partial charge in [0.05, 0.1) is 6.61 Å². The number of carbonyl (C=O) groups is 1. The standard InChI is InChI=1S/C6H10O7/c7-1-6(12)4(9)2(8)3(13-6)5(10)11/h2-4,7-9,12H,1H2,(H,10,11)/t2-,3-,4-,6?/m0/s1. The SMILES string of the molecule is O=C(O)[C@H]1OC(O)(CO)[C@@H](O)[C@H]1O. The van der Waals surface area contributed by atoms with Gasteiger partial charge in [0, 0.05) is 0 Å². The van der Waals surface area contributed by atoms with Crippen molar-refractivity contribution in [3.63, 3.8) is 0 Å². The summed E-state index contributed by atoms with van der Waals surface area (Å²) >= 11 is 0. The Morgan fingerprint density at radius 1 is 1.46 bits per heavy atom. The predicted molar refractivity (Wildman–Crippen MR) is 36.6 cm³/mol. The van der Waals surface area contributed by atoms with Crippen LogP contribution < -0.4 is 0 Å². The summed E-state index contributed by atoms with van der Waals surface area (Å²) in [6, 6.07) is 0. The van der Waals surface area contributed by atoms with E-state index in [0.29, 0.717) is 0 Å². The van der Waals surface area contributed by atoms with Gasteiger partial charge in [-0.1, -0.05) is 0 Å². The van der Waals surface area contributed by atoms with E-state index in [9.17, 15) is 9.90 Å². The molecule has 76 valence electrons. The summed E-state index contributed by atoms with van der Waals surface area (Å²) in [6.45, 7) is -0.991. The van der Waals surface area contributed by atoms with Crippen molar-refractivity contribution in [2.24, 2.45) is 0 Å². The van der Waals surface area contributed by atoms with Gasteiger partial charge in [0.2, 0.25) is 5.79 Å². The van der Waals surface area contributed by atoms with E-state index in [0.717, 1.165) is 0 Å². The molecule has 0 radical (unpaired) electrons. The molecule has 0 saturated carbocycles. The topological polar surface area (TPSA) is 127 Å². The Bertz CT molecular complexity index is 217. The van der Waals surface area contributed by atoms with Crippen LogP contribution in [0.2, 0.25) is 0 Å². The number of rotatable bonds is 2. The molecule has 4 atom stereocenters. The maximum Gasteiger partial charge on any atom is 0.335 e. The molecule has 13 heavy (non-hydrogen) atoms. The molecule has 1 aliphatic heterocycles. The van der Waals surface area contributed by atoms with E-state index in [2.05, 4.69) is 4.74 Å². The molecule has 1 fully saturated rings. The van der Waals surface area contributed by atoms with Gasteiger partial charge in [0.15, 0.2) is 6.10 Å². The third-order valence-electron chi connectivity index (χ3n) is 1.90. The lowest BCUT2D eigenvalue weighted by Crippen LogP contribution is -2.46. The van der Waals surface area contributed by atoms with Crippen molar-refractivity contribution in [1.82, 2.24) is 0 Å². The van der Waals surface area contributed by atoms with Crippen LogP contribution in [0.1, 0.15) is 0 Å². The molecule has 1 rings (SSSR count). The molecule has 0 amide bonds. The van der Waals surface area contributed by atoms with Crippen LogP contribution >= 0.6 is 0 Å². The number of aliphatic hydroxyl groups excluding tert-OH is 3. The Kier molecular flexibility index (Phi) is 2.55. The lowest BCUT2D eigenvalue weighted by molar-refractivity contribution is -0.246. The zero-order valence-electron chi connectivity index (χ0n) is 6.49. The lowest BCUT2D eigenvalue weighted by Gasteiger charge is -2.22. The Balaban J connectivity index is 2.84. The molecule has 0 aromatic carbocycles. The largest absolute Gasteiger partial charge is 0.479 e. The van der Waals surface area contributed by atoms with Crippen molar-refractivity contribution in [1.29, 1.82) is 0 Å². The summed E-state index contributed by atoms with van der Waals surface area (Å²) in [7, 11) is 0. The Morgan fingerprint density at radius 3 is 2.23 bits per heavy atom. The van der Waals surface area contributed by atoms with Gasteiger partial charge < -0.3 is 30.3 Å². The van der Waals surface area contributed by atoms with E-state index in [-0.39, 0.29) is 0 Å². The highest BCUT2D eigenvalue weighted by atomic mass is 16.7. The van der Waals surface area contributed by atoms with Crippen molar-refractivity contribution in [3.05, 3.63) is 0 Å². The van der Waals surface area contributed by atoms with E-state index in [4.69, 9.17) is 20.4 Å². The van der Waals surface area contributed by atoms with Gasteiger partial charge in [-0.15, -0.1) is 0 Å². The van der Waals surface area contributed by atoms with E-state index in [1.54, 1.807) is 0 Å². The van der Waals surface area contributed by atoms with Crippen molar-refractivity contribution in [2.75, 3.05) is 6.61 Å². The van der Waals surface area contributed by atoms with Crippen LogP contribution in [0.5, 0.6) is 0 Å². The fourth-order valence-electron chi connectivity index (χ4n) is 1.12. The second kappa shape index (κ2) is 3.20. The predicted octanol–water partition coefficient (Wildman–Crippen LogP) is -3.13. The summed E-state index contributed by atoms with van der Waals surface area (Å²) in [5.41, 5.74) is 0. The normalized spacial score (nSPS) is 45.1. The molecule has 7 nitrogen and oxygen atoms in total. The highest BCUT2D eigenvalue weighted by Gasteiger charge is 2.55. The molecule has 1 unspecified atom stereocenters. The minimum atomic E-state index is -2.40. The monoisotopic (exact) mass is 194 g/mol. The zero-order valence-corrected chi connectivity index (χ0v) is 6.49. The average molecular weight is 194 g/mol. The van der Waals surface area contributed by atoms with Gasteiger partial charge in [0.25, 0.3) is 0 Å². The molecule has 1 aliphatic rings. The van der Waals surface area contributed by atoms with Gasteiger partial charge in [-0.25, -0.2) is 4.79 Å². The third-order valence-corrected chi connectivity index (χ3v) is 1.90. The van der Waals surface area contributed by atoms with Crippen molar-refractivity contribution < 1.29 is 35.1 Å². The first kappa shape index (κ1) is 10.4. The molecule has 0 spiro atoms. The van der Waals surface area contributed by atoms with Gasteiger partial charge >= 0.3 is 5.97 Å². The first-order valence-electron chi connectivity index (χ1n) is 3.52. The smallest absolute Gasteiger partial charge is 0.335 e. The fraction of sp³-hybridized carbons (Fsp3) is 0.833. The van der Waals surface area contributed by atoms with Crippen LogP contribution in [0.4, 0.5) is 0 Å². The first-order valence-corrected chi connectivity index (χ1v) is 3.52. The summed E-state index contributed by atoms with van der Waals surface area (Å²) in [4.78, 5) is 10.4. The molecule has 0 aromatic rings. The highest BCUT2D eigenvalue weighted by Crippen LogP contribution is 2.28. The quantitative estimate of drug-likeness (QED) is 0.314. The summed E-state index contributed by atoms with van der Waals surface area (Å²) in [6.07, 6.45) is -5.32. The molecule has 7 heteroatoms. The van der Waals surface area contributed by atoms with Crippen LogP contribution in [0.15, 0.2) is 0 Å². The molecule has 0 aliphatic carbocycles. The van der Waals surface area contributed by atoms with Gasteiger partial charge in [0.1, 0.15) is 12.2 Å². The molecule has 0 aromatic heterocycles. The van der Waals surface area contributed by atoms with Crippen molar-refractivity contribution >= 4 is 5.97 Å². The zero-order chi connectivity index (χ0) is 10.2. The fourth-order valence-corrected chi connectivity index (χ4v) is 1.12. The Morgan fingerprint density at radius 2 is 2.00 bits per heavy atom. The number of ether oxygens (including phenoxy) is 1. The number of aliphatic carboxylic acids is 1. The van der Waals surface area contributed by atoms with Gasteiger partial charge in [-0.3, -0.25) is 0 Å². The summed E-state index contributed by atoms with van der Waals surface area (Å²) in [5, 5.41) is 44.4. The summed E-state index contributed by atoms with van der Waals surface area (Å²) in [5.74, 6) is -3.92. The third kappa shape index (κ3) is 1.52. The maximum atomic E-state index is 10.4. The second-order valence-corrected chi connectivity index (χ2v) is 2.82. The van der Waals surface area contributed by atoms with E-state index in [1.807, 2.05) is 0 Å². The number of hydrogen-bond acceptors (Lipinski definition) is 6. The Hall–Kier alpha value is -0.730. The van der Waals surface area contributed by atoms with Gasteiger partial charge in [-0.2, -0.15) is 0 Å². The molecular weight excluding hydrogens is 184 g/mol. The number of carboxylic acids is 1. The van der Waals surface area contributed by atoms with E-state index < -0.39 is 36.7 Å². The van der Waals surface area contributed by atoms with Crippen LogP contribution in [0, 0.1) is 0 Å². The lowest BCUT2D eigenvalue weighted by atomic mass is 10.1. The average Bonchev–Trinajstić information content (AvgIpc) is 2.31. The maximum absolute atomic E-state index is 10.4. The number of hydrogen-bond donors (Lipinski definition) is 5. The minimum absolute atomic E-state index is 0.991. The number of carboxylic acid groups (broad SMARTS) is 1. The molecule has 0 bridgehead atoms.